The summed E-state index contributed by atoms with van der Waals surface area (Å²) in [6.45, 7) is 0.351. The number of ether oxygens (including phenoxy) is 1. The van der Waals surface area contributed by atoms with Crippen molar-refractivity contribution in [2.24, 2.45) is 5.10 Å². The van der Waals surface area contributed by atoms with Crippen molar-refractivity contribution in [3.8, 4) is 5.75 Å². The van der Waals surface area contributed by atoms with Crippen molar-refractivity contribution in [3.05, 3.63) is 70.8 Å². The van der Waals surface area contributed by atoms with Crippen molar-refractivity contribution in [2.75, 3.05) is 6.61 Å². The molecule has 2 heterocycles. The summed E-state index contributed by atoms with van der Waals surface area (Å²) < 4.78 is 5.62. The fourth-order valence-corrected chi connectivity index (χ4v) is 2.62. The molecule has 0 unspecified atom stereocenters. The third kappa shape index (κ3) is 2.23. The van der Waals surface area contributed by atoms with Crippen molar-refractivity contribution in [1.29, 1.82) is 0 Å². The number of rotatable bonds is 2. The molecule has 0 spiro atoms. The smallest absolute Gasteiger partial charge is 0.282 e. The van der Waals surface area contributed by atoms with E-state index in [1.165, 1.54) is 6.21 Å². The molecule has 0 aliphatic carbocycles. The van der Waals surface area contributed by atoms with Gasteiger partial charge in [0.15, 0.2) is 0 Å². The fraction of sp³-hybridized carbons (Fsp3) is 0.0556. The van der Waals surface area contributed by atoms with Gasteiger partial charge in [-0.25, -0.2) is 0 Å². The van der Waals surface area contributed by atoms with Gasteiger partial charge in [-0.1, -0.05) is 30.3 Å². The first-order chi connectivity index (χ1) is 11.2. The highest BCUT2D eigenvalue weighted by Crippen LogP contribution is 2.26. The molecule has 0 aromatic heterocycles. The van der Waals surface area contributed by atoms with Crippen LogP contribution in [0.2, 0.25) is 0 Å². The van der Waals surface area contributed by atoms with Crippen molar-refractivity contribution in [3.63, 3.8) is 0 Å². The Balaban J connectivity index is 1.60. The Morgan fingerprint density at radius 1 is 0.957 bits per heavy atom. The lowest BCUT2D eigenvalue weighted by Gasteiger charge is -2.15. The van der Waals surface area contributed by atoms with Crippen molar-refractivity contribution in [1.82, 2.24) is 5.01 Å². The van der Waals surface area contributed by atoms with Crippen LogP contribution in [0.3, 0.4) is 0 Å². The zero-order valence-corrected chi connectivity index (χ0v) is 12.1. The highest BCUT2D eigenvalue weighted by atomic mass is 16.5. The summed E-state index contributed by atoms with van der Waals surface area (Å²) in [6.07, 6.45) is 3.43. The quantitative estimate of drug-likeness (QED) is 0.633. The molecule has 5 heteroatoms. The number of imide groups is 1. The van der Waals surface area contributed by atoms with Gasteiger partial charge in [-0.2, -0.15) is 10.1 Å². The largest absolute Gasteiger partial charge is 0.488 e. The molecule has 0 saturated heterocycles. The molecule has 2 aromatic rings. The van der Waals surface area contributed by atoms with Crippen LogP contribution >= 0.6 is 0 Å². The van der Waals surface area contributed by atoms with Crippen LogP contribution in [-0.2, 0) is 0 Å². The lowest BCUT2D eigenvalue weighted by molar-refractivity contribution is 0.0660. The van der Waals surface area contributed by atoms with Crippen molar-refractivity contribution in [2.45, 2.75) is 0 Å². The normalized spacial score (nSPS) is 16.2. The predicted molar refractivity (Wildman–Crippen MR) is 85.3 cm³/mol. The summed E-state index contributed by atoms with van der Waals surface area (Å²) in [5, 5.41) is 4.95. The maximum Gasteiger partial charge on any atom is 0.282 e. The number of hydrazone groups is 1. The van der Waals surface area contributed by atoms with E-state index in [9.17, 15) is 9.59 Å². The first-order valence-corrected chi connectivity index (χ1v) is 7.18. The molecule has 2 aromatic carbocycles. The van der Waals surface area contributed by atoms with Gasteiger partial charge in [-0.3, -0.25) is 9.59 Å². The number of benzene rings is 2. The lowest BCUT2D eigenvalue weighted by atomic mass is 10.1. The van der Waals surface area contributed by atoms with Gasteiger partial charge in [0.1, 0.15) is 12.4 Å². The average molecular weight is 304 g/mol. The summed E-state index contributed by atoms with van der Waals surface area (Å²) in [5.74, 6) is 0.00420. The van der Waals surface area contributed by atoms with Gasteiger partial charge >= 0.3 is 0 Å². The van der Waals surface area contributed by atoms with E-state index >= 15 is 0 Å². The Morgan fingerprint density at radius 3 is 2.35 bits per heavy atom. The summed E-state index contributed by atoms with van der Waals surface area (Å²) in [7, 11) is 0. The molecular weight excluding hydrogens is 292 g/mol. The second-order valence-electron chi connectivity index (χ2n) is 5.26. The summed E-state index contributed by atoms with van der Waals surface area (Å²) in [6, 6.07) is 14.4. The number of carbonyl (C=O) groups is 2. The van der Waals surface area contributed by atoms with Gasteiger partial charge in [0.05, 0.1) is 17.3 Å². The topological polar surface area (TPSA) is 59.0 Å². The maximum absolute atomic E-state index is 12.2. The van der Waals surface area contributed by atoms with Crippen LogP contribution < -0.4 is 4.74 Å². The molecule has 23 heavy (non-hydrogen) atoms. The molecule has 5 nitrogen and oxygen atoms in total. The van der Waals surface area contributed by atoms with E-state index in [-0.39, 0.29) is 0 Å². The van der Waals surface area contributed by atoms with Gasteiger partial charge in [-0.05, 0) is 24.3 Å². The number of amides is 2. The Morgan fingerprint density at radius 2 is 1.61 bits per heavy atom. The van der Waals surface area contributed by atoms with Crippen LogP contribution in [0.25, 0.3) is 6.08 Å². The first kappa shape index (κ1) is 13.5. The second-order valence-corrected chi connectivity index (χ2v) is 5.26. The minimum Gasteiger partial charge on any atom is -0.488 e. The van der Waals surface area contributed by atoms with E-state index < -0.39 is 11.8 Å². The Kier molecular flexibility index (Phi) is 3.05. The average Bonchev–Trinajstić information content (AvgIpc) is 2.84. The van der Waals surface area contributed by atoms with Crippen LogP contribution in [0.1, 0.15) is 26.3 Å². The molecule has 0 fully saturated rings. The molecule has 2 aliphatic rings. The SMILES string of the molecule is O=C1c2ccccc2C(=O)N1/N=C/C1=Cc2ccccc2OC1. The van der Waals surface area contributed by atoms with Gasteiger partial charge in [0.25, 0.3) is 11.8 Å². The Hall–Kier alpha value is -3.21. The minimum atomic E-state index is -0.403. The van der Waals surface area contributed by atoms with Gasteiger partial charge in [-0.15, -0.1) is 0 Å². The van der Waals surface area contributed by atoms with E-state index in [2.05, 4.69) is 5.10 Å². The van der Waals surface area contributed by atoms with E-state index in [0.717, 1.165) is 21.9 Å². The molecule has 2 aliphatic heterocycles. The highest BCUT2D eigenvalue weighted by Gasteiger charge is 2.35. The lowest BCUT2D eigenvalue weighted by Crippen LogP contribution is -2.24. The molecule has 0 N–H and O–H groups in total. The summed E-state index contributed by atoms with van der Waals surface area (Å²) >= 11 is 0. The van der Waals surface area contributed by atoms with Crippen LogP contribution in [0.4, 0.5) is 0 Å². The van der Waals surface area contributed by atoms with Crippen LogP contribution in [0, 0.1) is 0 Å². The molecule has 112 valence electrons. The molecule has 0 saturated carbocycles. The molecule has 0 bridgehead atoms. The van der Waals surface area contributed by atoms with Crippen molar-refractivity contribution >= 4 is 24.1 Å². The number of hydrogen-bond acceptors (Lipinski definition) is 4. The van der Waals surface area contributed by atoms with Gasteiger partial charge in [0, 0.05) is 11.1 Å². The molecule has 4 rings (SSSR count). The fourth-order valence-electron chi connectivity index (χ4n) is 2.62. The highest BCUT2D eigenvalue weighted by molar-refractivity contribution is 6.21. The Bertz CT molecular complexity index is 848. The standard InChI is InChI=1S/C18H12N2O3/c21-17-14-6-2-3-7-15(14)18(22)20(17)19-10-12-9-13-5-1-4-8-16(13)23-11-12/h1-10H,11H2/b19-10+. The van der Waals surface area contributed by atoms with E-state index in [0.29, 0.717) is 17.7 Å². The molecule has 0 radical (unpaired) electrons. The summed E-state index contributed by atoms with van der Waals surface area (Å²) in [4.78, 5) is 24.4. The molecule has 2 amide bonds. The van der Waals surface area contributed by atoms with Crippen LogP contribution in [-0.4, -0.2) is 29.6 Å². The number of nitrogens with zero attached hydrogens (tertiary/aromatic N) is 2. The molecule has 0 atom stereocenters. The molecular formula is C18H12N2O3. The second kappa shape index (κ2) is 5.21. The van der Waals surface area contributed by atoms with Crippen LogP contribution in [0.5, 0.6) is 5.75 Å². The third-order valence-electron chi connectivity index (χ3n) is 3.77. The zero-order chi connectivity index (χ0) is 15.8. The van der Waals surface area contributed by atoms with E-state index in [1.807, 2.05) is 30.3 Å². The monoisotopic (exact) mass is 304 g/mol. The third-order valence-corrected chi connectivity index (χ3v) is 3.77. The van der Waals surface area contributed by atoms with E-state index in [4.69, 9.17) is 4.74 Å². The first-order valence-electron chi connectivity index (χ1n) is 7.18. The number of hydrogen-bond donors (Lipinski definition) is 0. The van der Waals surface area contributed by atoms with Crippen molar-refractivity contribution < 1.29 is 14.3 Å². The maximum atomic E-state index is 12.2. The Labute approximate surface area is 132 Å². The van der Waals surface area contributed by atoms with Gasteiger partial charge < -0.3 is 4.74 Å². The number of fused-ring (bicyclic) bond motifs is 2. The van der Waals surface area contributed by atoms with Crippen LogP contribution in [0.15, 0.2) is 59.2 Å². The number of para-hydroxylation sites is 1. The predicted octanol–water partition coefficient (Wildman–Crippen LogP) is 2.74. The minimum absolute atomic E-state index is 0.351. The number of carbonyl (C=O) groups excluding carboxylic acids is 2. The van der Waals surface area contributed by atoms with E-state index in [1.54, 1.807) is 24.3 Å². The summed E-state index contributed by atoms with van der Waals surface area (Å²) in [5.41, 5.74) is 2.51. The zero-order valence-electron chi connectivity index (χ0n) is 12.1. The van der Waals surface area contributed by atoms with Gasteiger partial charge in [0.2, 0.25) is 0 Å².